The Kier molecular flexibility index (Phi) is 5.24. The van der Waals surface area contributed by atoms with Gasteiger partial charge in [0.15, 0.2) is 0 Å². The predicted molar refractivity (Wildman–Crippen MR) is 65.3 cm³/mol. The molecule has 1 aliphatic rings. The molecule has 1 rings (SSSR count). The zero-order chi connectivity index (χ0) is 15.4. The van der Waals surface area contributed by atoms with Crippen molar-refractivity contribution in [1.29, 1.82) is 0 Å². The fraction of sp³-hybridized carbons (Fsp3) is 0.833. The maximum atomic E-state index is 11.9. The van der Waals surface area contributed by atoms with Crippen molar-refractivity contribution in [3.8, 4) is 0 Å². The molecule has 20 heavy (non-hydrogen) atoms. The van der Waals surface area contributed by atoms with Crippen LogP contribution >= 0.6 is 0 Å². The summed E-state index contributed by atoms with van der Waals surface area (Å²) in [5.74, 6) is -1.07. The summed E-state index contributed by atoms with van der Waals surface area (Å²) in [6.45, 7) is 1.93. The summed E-state index contributed by atoms with van der Waals surface area (Å²) >= 11 is 0. The topological polar surface area (TPSA) is 69.6 Å². The van der Waals surface area contributed by atoms with Gasteiger partial charge in [-0.1, -0.05) is 0 Å². The van der Waals surface area contributed by atoms with Crippen molar-refractivity contribution in [1.82, 2.24) is 10.2 Å². The monoisotopic (exact) mass is 296 g/mol. The lowest BCUT2D eigenvalue weighted by Gasteiger charge is -2.31. The van der Waals surface area contributed by atoms with Gasteiger partial charge in [0.25, 0.3) is 0 Å². The highest BCUT2D eigenvalue weighted by Crippen LogP contribution is 2.29. The van der Waals surface area contributed by atoms with E-state index >= 15 is 0 Å². The van der Waals surface area contributed by atoms with Crippen LogP contribution in [0.1, 0.15) is 39.0 Å². The fourth-order valence-corrected chi connectivity index (χ4v) is 2.25. The van der Waals surface area contributed by atoms with Gasteiger partial charge in [0.05, 0.1) is 0 Å². The molecule has 1 heterocycles. The highest BCUT2D eigenvalue weighted by atomic mass is 19.4. The molecule has 5 nitrogen and oxygen atoms in total. The Morgan fingerprint density at radius 2 is 2.00 bits per heavy atom. The first-order valence-electron chi connectivity index (χ1n) is 6.52. The molecule has 0 aliphatic carbocycles. The fourth-order valence-electron chi connectivity index (χ4n) is 2.25. The van der Waals surface area contributed by atoms with Crippen LogP contribution in [0.15, 0.2) is 0 Å². The van der Waals surface area contributed by atoms with Crippen molar-refractivity contribution in [2.75, 3.05) is 13.1 Å². The number of hydrogen-bond donors (Lipinski definition) is 2. The summed E-state index contributed by atoms with van der Waals surface area (Å²) in [6, 6.07) is -0.528. The van der Waals surface area contributed by atoms with Crippen LogP contribution in [-0.4, -0.2) is 46.8 Å². The van der Waals surface area contributed by atoms with Crippen molar-refractivity contribution in [2.45, 2.75) is 50.7 Å². The molecule has 1 saturated heterocycles. The van der Waals surface area contributed by atoms with Crippen LogP contribution in [0, 0.1) is 0 Å². The van der Waals surface area contributed by atoms with E-state index in [2.05, 4.69) is 5.32 Å². The SMILES string of the molecule is CC1(C(=O)O)CCCN1C(=O)NCCCCC(F)(F)F. The van der Waals surface area contributed by atoms with Crippen LogP contribution in [0.4, 0.5) is 18.0 Å². The Labute approximate surface area is 115 Å². The van der Waals surface area contributed by atoms with Crippen LogP contribution in [0.2, 0.25) is 0 Å². The number of aliphatic carboxylic acids is 1. The van der Waals surface area contributed by atoms with Gasteiger partial charge < -0.3 is 15.3 Å². The Hall–Kier alpha value is -1.47. The standard InChI is InChI=1S/C12H19F3N2O3/c1-11(9(18)19)5-4-8-17(11)10(20)16-7-3-2-6-12(13,14)15/h2-8H2,1H3,(H,16,20)(H,18,19). The first kappa shape index (κ1) is 16.6. The molecule has 116 valence electrons. The predicted octanol–water partition coefficient (Wildman–Crippen LogP) is 2.37. The third-order valence-corrected chi connectivity index (χ3v) is 3.51. The molecule has 0 aromatic carbocycles. The lowest BCUT2D eigenvalue weighted by molar-refractivity contribution is -0.147. The molecule has 1 fully saturated rings. The van der Waals surface area contributed by atoms with Gasteiger partial charge in [-0.05, 0) is 32.6 Å². The van der Waals surface area contributed by atoms with Crippen molar-refractivity contribution >= 4 is 12.0 Å². The number of alkyl halides is 3. The normalized spacial score (nSPS) is 22.9. The Morgan fingerprint density at radius 1 is 1.35 bits per heavy atom. The van der Waals surface area contributed by atoms with Crippen LogP contribution < -0.4 is 5.32 Å². The number of unbranched alkanes of at least 4 members (excludes halogenated alkanes) is 1. The van der Waals surface area contributed by atoms with E-state index in [1.807, 2.05) is 0 Å². The van der Waals surface area contributed by atoms with Crippen LogP contribution in [0.3, 0.4) is 0 Å². The molecule has 0 saturated carbocycles. The highest BCUT2D eigenvalue weighted by Gasteiger charge is 2.45. The number of urea groups is 1. The molecule has 0 bridgehead atoms. The number of nitrogens with zero attached hydrogens (tertiary/aromatic N) is 1. The molecule has 1 aliphatic heterocycles. The highest BCUT2D eigenvalue weighted by molar-refractivity contribution is 5.86. The Morgan fingerprint density at radius 3 is 2.55 bits per heavy atom. The second-order valence-electron chi connectivity index (χ2n) is 5.14. The van der Waals surface area contributed by atoms with E-state index in [0.29, 0.717) is 19.4 Å². The van der Waals surface area contributed by atoms with Crippen molar-refractivity contribution in [3.05, 3.63) is 0 Å². The number of nitrogens with one attached hydrogen (secondary N) is 1. The van der Waals surface area contributed by atoms with E-state index in [1.54, 1.807) is 0 Å². The Bertz CT molecular complexity index is 373. The van der Waals surface area contributed by atoms with Gasteiger partial charge in [-0.25, -0.2) is 9.59 Å². The summed E-state index contributed by atoms with van der Waals surface area (Å²) in [5, 5.41) is 11.6. The van der Waals surface area contributed by atoms with E-state index in [0.717, 1.165) is 0 Å². The first-order chi connectivity index (χ1) is 9.17. The summed E-state index contributed by atoms with van der Waals surface area (Å²) in [5.41, 5.74) is -1.23. The van der Waals surface area contributed by atoms with Crippen molar-refractivity contribution < 1.29 is 27.9 Å². The molecule has 0 spiro atoms. The number of likely N-dealkylation sites (tertiary alicyclic amines) is 1. The van der Waals surface area contributed by atoms with Crippen LogP contribution in [0.25, 0.3) is 0 Å². The van der Waals surface area contributed by atoms with Gasteiger partial charge in [-0.2, -0.15) is 13.2 Å². The maximum Gasteiger partial charge on any atom is 0.389 e. The Balaban J connectivity index is 2.34. The second kappa shape index (κ2) is 6.32. The minimum Gasteiger partial charge on any atom is -0.480 e. The number of carboxylic acids is 1. The molecule has 0 radical (unpaired) electrons. The van der Waals surface area contributed by atoms with Gasteiger partial charge in [0, 0.05) is 19.5 Å². The molecular weight excluding hydrogens is 277 g/mol. The lowest BCUT2D eigenvalue weighted by atomic mass is 10.00. The molecule has 2 N–H and O–H groups in total. The number of carboxylic acid groups (broad SMARTS) is 1. The van der Waals surface area contributed by atoms with Gasteiger partial charge in [0.2, 0.25) is 0 Å². The average Bonchev–Trinajstić information content (AvgIpc) is 2.70. The van der Waals surface area contributed by atoms with E-state index in [9.17, 15) is 22.8 Å². The number of halogens is 3. The number of hydrogen-bond acceptors (Lipinski definition) is 2. The average molecular weight is 296 g/mol. The summed E-state index contributed by atoms with van der Waals surface area (Å²) in [6.07, 6.45) is -3.92. The lowest BCUT2D eigenvalue weighted by Crippen LogP contribution is -2.54. The van der Waals surface area contributed by atoms with Crippen molar-refractivity contribution in [3.63, 3.8) is 0 Å². The molecule has 0 aromatic rings. The molecule has 8 heteroatoms. The second-order valence-corrected chi connectivity index (χ2v) is 5.14. The molecule has 2 amide bonds. The number of carbonyl (C=O) groups excluding carboxylic acids is 1. The molecular formula is C12H19F3N2O3. The third-order valence-electron chi connectivity index (χ3n) is 3.51. The summed E-state index contributed by atoms with van der Waals surface area (Å²) in [7, 11) is 0. The first-order valence-corrected chi connectivity index (χ1v) is 6.52. The van der Waals surface area contributed by atoms with Gasteiger partial charge >= 0.3 is 18.2 Å². The molecule has 1 unspecified atom stereocenters. The summed E-state index contributed by atoms with van der Waals surface area (Å²) in [4.78, 5) is 24.3. The smallest absolute Gasteiger partial charge is 0.389 e. The zero-order valence-corrected chi connectivity index (χ0v) is 11.3. The third kappa shape index (κ3) is 4.28. The zero-order valence-electron chi connectivity index (χ0n) is 11.3. The van der Waals surface area contributed by atoms with Crippen LogP contribution in [-0.2, 0) is 4.79 Å². The number of carbonyl (C=O) groups is 2. The number of amides is 2. The maximum absolute atomic E-state index is 11.9. The summed E-state index contributed by atoms with van der Waals surface area (Å²) < 4.78 is 35.8. The number of rotatable bonds is 5. The van der Waals surface area contributed by atoms with Gasteiger partial charge in [-0.15, -0.1) is 0 Å². The van der Waals surface area contributed by atoms with E-state index in [4.69, 9.17) is 5.11 Å². The van der Waals surface area contributed by atoms with E-state index < -0.39 is 30.1 Å². The largest absolute Gasteiger partial charge is 0.480 e. The van der Waals surface area contributed by atoms with Crippen LogP contribution in [0.5, 0.6) is 0 Å². The van der Waals surface area contributed by atoms with Gasteiger partial charge in [-0.3, -0.25) is 0 Å². The van der Waals surface area contributed by atoms with Gasteiger partial charge in [0.1, 0.15) is 5.54 Å². The molecule has 0 aromatic heterocycles. The van der Waals surface area contributed by atoms with Crippen molar-refractivity contribution in [2.24, 2.45) is 0 Å². The van der Waals surface area contributed by atoms with E-state index in [1.165, 1.54) is 11.8 Å². The minimum atomic E-state index is -4.18. The molecule has 1 atom stereocenters. The van der Waals surface area contributed by atoms with E-state index in [-0.39, 0.29) is 19.4 Å². The quantitative estimate of drug-likeness (QED) is 0.765. The minimum absolute atomic E-state index is 0.0556.